The van der Waals surface area contributed by atoms with Crippen molar-refractivity contribution in [2.24, 2.45) is 0 Å². The second-order valence-corrected chi connectivity index (χ2v) is 2.98. The van der Waals surface area contributed by atoms with E-state index in [1.54, 1.807) is 11.1 Å². The van der Waals surface area contributed by atoms with Gasteiger partial charge in [-0.25, -0.2) is 0 Å². The van der Waals surface area contributed by atoms with Gasteiger partial charge in [0.05, 0.1) is 0 Å². The maximum absolute atomic E-state index is 2.26. The molecule has 0 saturated heterocycles. The summed E-state index contributed by atoms with van der Waals surface area (Å²) in [5, 5.41) is 0. The van der Waals surface area contributed by atoms with Gasteiger partial charge in [-0.15, -0.1) is 0 Å². The molecule has 2 rings (SSSR count). The number of hydrogen-bond donors (Lipinski definition) is 0. The summed E-state index contributed by atoms with van der Waals surface area (Å²) in [6.07, 6.45) is 5.38. The van der Waals surface area contributed by atoms with Crippen LogP contribution in [0, 0.1) is 0 Å². The molecule has 56 valence electrons. The van der Waals surface area contributed by atoms with Gasteiger partial charge >= 0.3 is 0 Å². The fraction of sp³-hybridized carbons (Fsp3) is 0.400. The van der Waals surface area contributed by atoms with E-state index >= 15 is 0 Å². The van der Waals surface area contributed by atoms with Crippen molar-refractivity contribution in [3.63, 3.8) is 0 Å². The van der Waals surface area contributed by atoms with Crippen LogP contribution in [0.25, 0.3) is 0 Å². The van der Waals surface area contributed by atoms with Gasteiger partial charge < -0.3 is 0 Å². The number of hydrogen-bond acceptors (Lipinski definition) is 0. The minimum Gasteiger partial charge on any atom is -0.0620 e. The molecule has 0 spiro atoms. The van der Waals surface area contributed by atoms with Crippen molar-refractivity contribution in [1.82, 2.24) is 0 Å². The Morgan fingerprint density at radius 3 is 1.73 bits per heavy atom. The molecule has 0 N–H and O–H groups in total. The standard InChI is InChI=1S/C10H12.Ti/c1-2-6-10-8-4-3-7-9(10)5-1;/h1-2,5-6H,3-4,7-8H2;. The van der Waals surface area contributed by atoms with Crippen molar-refractivity contribution in [2.75, 3.05) is 0 Å². The van der Waals surface area contributed by atoms with Crippen LogP contribution in [0.2, 0.25) is 0 Å². The average molecular weight is 180 g/mol. The largest absolute Gasteiger partial charge is 0.0620 e. The molecule has 0 heterocycles. The predicted molar refractivity (Wildman–Crippen MR) is 43.1 cm³/mol. The zero-order valence-electron chi connectivity index (χ0n) is 6.64. The zero-order chi connectivity index (χ0) is 6.81. The topological polar surface area (TPSA) is 0 Å². The van der Waals surface area contributed by atoms with E-state index < -0.39 is 0 Å². The molecule has 1 heteroatoms. The summed E-state index contributed by atoms with van der Waals surface area (Å²) < 4.78 is 0. The zero-order valence-corrected chi connectivity index (χ0v) is 8.20. The maximum atomic E-state index is 2.26. The minimum atomic E-state index is 0. The Morgan fingerprint density at radius 2 is 1.27 bits per heavy atom. The van der Waals surface area contributed by atoms with Gasteiger partial charge in [0.1, 0.15) is 0 Å². The maximum Gasteiger partial charge on any atom is 0 e. The van der Waals surface area contributed by atoms with Gasteiger partial charge in [-0.3, -0.25) is 0 Å². The van der Waals surface area contributed by atoms with Crippen LogP contribution in [0.15, 0.2) is 24.3 Å². The Balaban J connectivity index is 0.000000605. The first-order valence-corrected chi connectivity index (χ1v) is 4.03. The van der Waals surface area contributed by atoms with Crippen LogP contribution in [0.4, 0.5) is 0 Å². The smallest absolute Gasteiger partial charge is 0 e. The molecule has 1 aliphatic rings. The van der Waals surface area contributed by atoms with Crippen molar-refractivity contribution in [3.8, 4) is 0 Å². The fourth-order valence-electron chi connectivity index (χ4n) is 1.68. The monoisotopic (exact) mass is 180 g/mol. The van der Waals surface area contributed by atoms with Crippen molar-refractivity contribution in [3.05, 3.63) is 35.4 Å². The van der Waals surface area contributed by atoms with Crippen LogP contribution in [0.3, 0.4) is 0 Å². The molecule has 11 heavy (non-hydrogen) atoms. The van der Waals surface area contributed by atoms with Crippen LogP contribution in [-0.2, 0) is 34.6 Å². The molecule has 0 aliphatic heterocycles. The summed E-state index contributed by atoms with van der Waals surface area (Å²) in [6, 6.07) is 8.80. The van der Waals surface area contributed by atoms with E-state index in [9.17, 15) is 0 Å². The summed E-state index contributed by atoms with van der Waals surface area (Å²) >= 11 is 0. The van der Waals surface area contributed by atoms with E-state index in [1.807, 2.05) is 0 Å². The molecule has 0 unspecified atom stereocenters. The van der Waals surface area contributed by atoms with E-state index in [-0.39, 0.29) is 21.7 Å². The first kappa shape index (κ1) is 9.03. The third-order valence-electron chi connectivity index (χ3n) is 2.26. The normalized spacial score (nSPS) is 14.9. The number of rotatable bonds is 0. The van der Waals surface area contributed by atoms with Gasteiger partial charge in [-0.1, -0.05) is 24.3 Å². The van der Waals surface area contributed by atoms with E-state index in [4.69, 9.17) is 0 Å². The van der Waals surface area contributed by atoms with Gasteiger partial charge in [0.2, 0.25) is 0 Å². The molecule has 0 amide bonds. The molecule has 1 aromatic rings. The van der Waals surface area contributed by atoms with Crippen LogP contribution in [0.5, 0.6) is 0 Å². The Bertz CT molecular complexity index is 205. The molecular weight excluding hydrogens is 168 g/mol. The summed E-state index contributed by atoms with van der Waals surface area (Å²) in [5.74, 6) is 0. The molecule has 0 fully saturated rings. The van der Waals surface area contributed by atoms with E-state index in [2.05, 4.69) is 24.3 Å². The Kier molecular flexibility index (Phi) is 3.35. The van der Waals surface area contributed by atoms with Crippen LogP contribution in [-0.4, -0.2) is 0 Å². The van der Waals surface area contributed by atoms with Crippen LogP contribution in [0.1, 0.15) is 24.0 Å². The van der Waals surface area contributed by atoms with Gasteiger partial charge in [-0.05, 0) is 36.8 Å². The van der Waals surface area contributed by atoms with Gasteiger partial charge in [-0.2, -0.15) is 0 Å². The number of benzene rings is 1. The van der Waals surface area contributed by atoms with E-state index in [1.165, 1.54) is 25.7 Å². The Morgan fingerprint density at radius 1 is 0.818 bits per heavy atom. The molecule has 0 aromatic heterocycles. The summed E-state index contributed by atoms with van der Waals surface area (Å²) in [6.45, 7) is 0. The summed E-state index contributed by atoms with van der Waals surface area (Å²) in [7, 11) is 0. The van der Waals surface area contributed by atoms with Crippen molar-refractivity contribution in [2.45, 2.75) is 25.7 Å². The van der Waals surface area contributed by atoms with E-state index in [0.29, 0.717) is 0 Å². The third kappa shape index (κ3) is 1.94. The van der Waals surface area contributed by atoms with E-state index in [0.717, 1.165) is 0 Å². The molecule has 1 aliphatic carbocycles. The quantitative estimate of drug-likeness (QED) is 0.538. The van der Waals surface area contributed by atoms with Crippen molar-refractivity contribution >= 4 is 0 Å². The third-order valence-corrected chi connectivity index (χ3v) is 2.26. The van der Waals surface area contributed by atoms with Crippen LogP contribution < -0.4 is 0 Å². The molecule has 0 nitrogen and oxygen atoms in total. The predicted octanol–water partition coefficient (Wildman–Crippen LogP) is 2.56. The molecule has 0 bridgehead atoms. The molecule has 0 saturated carbocycles. The molecular formula is C10H12Ti. The van der Waals surface area contributed by atoms with Gasteiger partial charge in [0, 0.05) is 21.7 Å². The van der Waals surface area contributed by atoms with Crippen molar-refractivity contribution in [1.29, 1.82) is 0 Å². The number of aryl methyl sites for hydroxylation is 2. The average Bonchev–Trinajstić information content (AvgIpc) is 2.05. The SMILES string of the molecule is [Ti].c1ccc2c(c1)CCCC2. The minimum absolute atomic E-state index is 0. The Labute approximate surface area is 82.9 Å². The first-order chi connectivity index (χ1) is 4.97. The fourth-order valence-corrected chi connectivity index (χ4v) is 1.68. The molecule has 0 atom stereocenters. The second kappa shape index (κ2) is 4.08. The van der Waals surface area contributed by atoms with Crippen LogP contribution >= 0.6 is 0 Å². The Hall–Kier alpha value is -0.0657. The van der Waals surface area contributed by atoms with Crippen molar-refractivity contribution < 1.29 is 21.7 Å². The summed E-state index contributed by atoms with van der Waals surface area (Å²) in [5.41, 5.74) is 3.16. The van der Waals surface area contributed by atoms with Gasteiger partial charge in [0.15, 0.2) is 0 Å². The van der Waals surface area contributed by atoms with Gasteiger partial charge in [0.25, 0.3) is 0 Å². The first-order valence-electron chi connectivity index (χ1n) is 4.03. The molecule has 0 radical (unpaired) electrons. The number of fused-ring (bicyclic) bond motifs is 1. The second-order valence-electron chi connectivity index (χ2n) is 2.98. The molecule has 1 aromatic carbocycles. The summed E-state index contributed by atoms with van der Waals surface area (Å²) in [4.78, 5) is 0.